The minimum Gasteiger partial charge on any atom is -0.302 e. The quantitative estimate of drug-likeness (QED) is 0.822. The summed E-state index contributed by atoms with van der Waals surface area (Å²) in [6.45, 7) is 0. The molecule has 2 aromatic rings. The van der Waals surface area contributed by atoms with Crippen LogP contribution in [-0.4, -0.2) is 15.6 Å². The maximum atomic E-state index is 4.31. The van der Waals surface area contributed by atoms with Crippen molar-refractivity contribution in [2.45, 2.75) is 5.75 Å². The molecule has 0 aromatic carbocycles. The third kappa shape index (κ3) is 1.74. The van der Waals surface area contributed by atoms with Gasteiger partial charge in [0, 0.05) is 16.4 Å². The van der Waals surface area contributed by atoms with Crippen molar-refractivity contribution in [3.05, 3.63) is 34.7 Å². The summed E-state index contributed by atoms with van der Waals surface area (Å²) in [5.41, 5.74) is 2.25. The lowest BCUT2D eigenvalue weighted by Crippen LogP contribution is -1.89. The first-order valence-corrected chi connectivity index (χ1v) is 6.10. The Balaban J connectivity index is 2.58. The number of rotatable bonds is 2. The molecule has 0 aliphatic heterocycles. The third-order valence-electron chi connectivity index (χ3n) is 1.84. The Morgan fingerprint density at radius 3 is 3.15 bits per heavy atom. The maximum absolute atomic E-state index is 4.31. The fourth-order valence-corrected chi connectivity index (χ4v) is 2.11. The zero-order chi connectivity index (χ0) is 9.26. The first kappa shape index (κ1) is 9.09. The van der Waals surface area contributed by atoms with E-state index in [-0.39, 0.29) is 0 Å². The van der Waals surface area contributed by atoms with Gasteiger partial charge >= 0.3 is 0 Å². The van der Waals surface area contributed by atoms with E-state index in [0.717, 1.165) is 15.9 Å². The van der Waals surface area contributed by atoms with Crippen LogP contribution in [0.4, 0.5) is 0 Å². The number of thioether (sulfide) groups is 1. The van der Waals surface area contributed by atoms with Crippen LogP contribution in [0.5, 0.6) is 0 Å². The maximum Gasteiger partial charge on any atom is 0.136 e. The summed E-state index contributed by atoms with van der Waals surface area (Å²) in [5.74, 6) is 0.998. The van der Waals surface area contributed by atoms with E-state index in [9.17, 15) is 0 Å². The molecular formula is C9H9BrN2S. The average Bonchev–Trinajstić information content (AvgIpc) is 2.49. The van der Waals surface area contributed by atoms with E-state index < -0.39 is 0 Å². The highest BCUT2D eigenvalue weighted by Gasteiger charge is 2.01. The zero-order valence-electron chi connectivity index (χ0n) is 7.20. The summed E-state index contributed by atoms with van der Waals surface area (Å²) in [6, 6.07) is 4.01. The van der Waals surface area contributed by atoms with Gasteiger partial charge in [0.1, 0.15) is 5.65 Å². The highest BCUT2D eigenvalue weighted by atomic mass is 79.9. The Kier molecular flexibility index (Phi) is 2.60. The van der Waals surface area contributed by atoms with Crippen molar-refractivity contribution in [2.75, 3.05) is 6.26 Å². The molecule has 0 radical (unpaired) electrons. The van der Waals surface area contributed by atoms with Gasteiger partial charge in [-0.3, -0.25) is 0 Å². The van der Waals surface area contributed by atoms with Crippen LogP contribution >= 0.6 is 27.7 Å². The van der Waals surface area contributed by atoms with E-state index in [1.54, 1.807) is 11.8 Å². The number of imidazole rings is 1. The van der Waals surface area contributed by atoms with Crippen molar-refractivity contribution in [3.63, 3.8) is 0 Å². The second-order valence-electron chi connectivity index (χ2n) is 2.76. The predicted molar refractivity (Wildman–Crippen MR) is 60.1 cm³/mol. The summed E-state index contributed by atoms with van der Waals surface area (Å²) >= 11 is 5.25. The standard InChI is InChI=1S/C9H9BrN2S/c1-13-6-8-4-11-9-3-2-7(10)5-12(8)9/h2-5H,6H2,1H3. The minimum absolute atomic E-state index is 0.998. The van der Waals surface area contributed by atoms with Crippen molar-refractivity contribution in [3.8, 4) is 0 Å². The molecule has 2 nitrogen and oxygen atoms in total. The van der Waals surface area contributed by atoms with Crippen LogP contribution in [0.3, 0.4) is 0 Å². The predicted octanol–water partition coefficient (Wildman–Crippen LogP) is 2.96. The lowest BCUT2D eigenvalue weighted by Gasteiger charge is -1.99. The molecule has 4 heteroatoms. The SMILES string of the molecule is CSCc1cnc2ccc(Br)cn12. The van der Waals surface area contributed by atoms with Gasteiger partial charge in [-0.25, -0.2) is 4.98 Å². The molecule has 0 saturated heterocycles. The van der Waals surface area contributed by atoms with Gasteiger partial charge in [-0.1, -0.05) is 0 Å². The van der Waals surface area contributed by atoms with Crippen LogP contribution in [0, 0.1) is 0 Å². The normalized spacial score (nSPS) is 10.9. The second kappa shape index (κ2) is 3.72. The minimum atomic E-state index is 0.998. The van der Waals surface area contributed by atoms with Crippen molar-refractivity contribution >= 4 is 33.3 Å². The molecule has 2 aromatic heterocycles. The molecule has 0 N–H and O–H groups in total. The Bertz CT molecular complexity index is 424. The van der Waals surface area contributed by atoms with Crippen LogP contribution in [0.25, 0.3) is 5.65 Å². The van der Waals surface area contributed by atoms with E-state index in [1.165, 1.54) is 5.69 Å². The number of hydrogen-bond donors (Lipinski definition) is 0. The summed E-state index contributed by atoms with van der Waals surface area (Å²) in [7, 11) is 0. The number of halogens is 1. The fraction of sp³-hybridized carbons (Fsp3) is 0.222. The van der Waals surface area contributed by atoms with E-state index in [1.807, 2.05) is 24.5 Å². The summed E-state index contributed by atoms with van der Waals surface area (Å²) < 4.78 is 3.20. The molecular weight excluding hydrogens is 248 g/mol. The lowest BCUT2D eigenvalue weighted by atomic mass is 10.4. The number of nitrogens with zero attached hydrogens (tertiary/aromatic N) is 2. The first-order chi connectivity index (χ1) is 6.31. The number of aromatic nitrogens is 2. The molecule has 0 aliphatic carbocycles. The molecule has 2 heterocycles. The first-order valence-electron chi connectivity index (χ1n) is 3.91. The van der Waals surface area contributed by atoms with E-state index >= 15 is 0 Å². The van der Waals surface area contributed by atoms with Crippen LogP contribution < -0.4 is 0 Å². The Morgan fingerprint density at radius 2 is 2.38 bits per heavy atom. The molecule has 0 atom stereocenters. The smallest absolute Gasteiger partial charge is 0.136 e. The molecule has 68 valence electrons. The fourth-order valence-electron chi connectivity index (χ4n) is 1.26. The molecule has 2 rings (SSSR count). The number of hydrogen-bond acceptors (Lipinski definition) is 2. The van der Waals surface area contributed by atoms with Crippen molar-refractivity contribution in [1.82, 2.24) is 9.38 Å². The van der Waals surface area contributed by atoms with Gasteiger partial charge in [-0.05, 0) is 34.3 Å². The van der Waals surface area contributed by atoms with Crippen molar-refractivity contribution < 1.29 is 0 Å². The number of fused-ring (bicyclic) bond motifs is 1. The van der Waals surface area contributed by atoms with Gasteiger partial charge in [0.05, 0.1) is 11.9 Å². The highest BCUT2D eigenvalue weighted by molar-refractivity contribution is 9.10. The van der Waals surface area contributed by atoms with Crippen molar-refractivity contribution in [2.24, 2.45) is 0 Å². The van der Waals surface area contributed by atoms with Crippen LogP contribution in [-0.2, 0) is 5.75 Å². The highest BCUT2D eigenvalue weighted by Crippen LogP contribution is 2.16. The summed E-state index contributed by atoms with van der Waals surface area (Å²) in [4.78, 5) is 4.31. The zero-order valence-corrected chi connectivity index (χ0v) is 9.60. The van der Waals surface area contributed by atoms with Gasteiger partial charge in [-0.2, -0.15) is 11.8 Å². The molecule has 0 saturated carbocycles. The number of pyridine rings is 1. The molecule has 0 fully saturated rings. The van der Waals surface area contributed by atoms with Gasteiger partial charge in [0.15, 0.2) is 0 Å². The van der Waals surface area contributed by atoms with E-state index in [0.29, 0.717) is 0 Å². The third-order valence-corrected chi connectivity index (χ3v) is 2.89. The van der Waals surface area contributed by atoms with Crippen LogP contribution in [0.1, 0.15) is 5.69 Å². The van der Waals surface area contributed by atoms with Gasteiger partial charge < -0.3 is 4.40 Å². The van der Waals surface area contributed by atoms with E-state index in [2.05, 4.69) is 31.6 Å². The average molecular weight is 257 g/mol. The molecule has 0 bridgehead atoms. The Labute approximate surface area is 89.5 Å². The van der Waals surface area contributed by atoms with Gasteiger partial charge in [0.2, 0.25) is 0 Å². The lowest BCUT2D eigenvalue weighted by molar-refractivity contribution is 1.09. The van der Waals surface area contributed by atoms with Crippen molar-refractivity contribution in [1.29, 1.82) is 0 Å². The molecule has 0 amide bonds. The summed E-state index contributed by atoms with van der Waals surface area (Å²) in [6.07, 6.45) is 6.07. The van der Waals surface area contributed by atoms with E-state index in [4.69, 9.17) is 0 Å². The molecule has 0 unspecified atom stereocenters. The second-order valence-corrected chi connectivity index (χ2v) is 4.54. The Hall–Kier alpha value is -0.480. The monoisotopic (exact) mass is 256 g/mol. The molecule has 0 aliphatic rings. The van der Waals surface area contributed by atoms with Gasteiger partial charge in [-0.15, -0.1) is 0 Å². The Morgan fingerprint density at radius 1 is 1.54 bits per heavy atom. The van der Waals surface area contributed by atoms with Crippen LogP contribution in [0.2, 0.25) is 0 Å². The largest absolute Gasteiger partial charge is 0.302 e. The van der Waals surface area contributed by atoms with Crippen LogP contribution in [0.15, 0.2) is 29.0 Å². The molecule has 13 heavy (non-hydrogen) atoms. The molecule has 0 spiro atoms. The summed E-state index contributed by atoms with van der Waals surface area (Å²) in [5, 5.41) is 0. The van der Waals surface area contributed by atoms with Gasteiger partial charge in [0.25, 0.3) is 0 Å². The topological polar surface area (TPSA) is 17.3 Å².